The molecule has 6 heteroatoms. The first kappa shape index (κ1) is 15.8. The minimum atomic E-state index is -0.837. The molecule has 0 aliphatic carbocycles. The third-order valence-electron chi connectivity index (χ3n) is 3.75. The molecule has 0 radical (unpaired) electrons. The second kappa shape index (κ2) is 6.89. The quantitative estimate of drug-likeness (QED) is 0.928. The fourth-order valence-electron chi connectivity index (χ4n) is 2.67. The third-order valence-corrected chi connectivity index (χ3v) is 4.06. The molecule has 1 amide bonds. The van der Waals surface area contributed by atoms with Crippen LogP contribution in [0.15, 0.2) is 18.2 Å². The van der Waals surface area contributed by atoms with Crippen molar-refractivity contribution in [1.82, 2.24) is 4.90 Å². The zero-order valence-corrected chi connectivity index (χ0v) is 12.3. The second-order valence-electron chi connectivity index (χ2n) is 5.29. The molecular formula is C15H17ClFNO3. The van der Waals surface area contributed by atoms with Gasteiger partial charge >= 0.3 is 5.97 Å². The highest BCUT2D eigenvalue weighted by atomic mass is 35.5. The number of carboxylic acids is 1. The van der Waals surface area contributed by atoms with Crippen LogP contribution in [0.1, 0.15) is 36.0 Å². The first-order valence-corrected chi connectivity index (χ1v) is 7.32. The van der Waals surface area contributed by atoms with Gasteiger partial charge in [0.25, 0.3) is 5.91 Å². The first-order chi connectivity index (χ1) is 9.99. The van der Waals surface area contributed by atoms with Gasteiger partial charge < -0.3 is 10.0 Å². The van der Waals surface area contributed by atoms with Gasteiger partial charge in [-0.05, 0) is 37.3 Å². The molecule has 1 saturated heterocycles. The Bertz CT molecular complexity index is 529. The molecule has 1 aromatic rings. The number of benzene rings is 1. The number of rotatable bonds is 4. The minimum Gasteiger partial charge on any atom is -0.481 e. The zero-order chi connectivity index (χ0) is 15.4. The Morgan fingerprint density at radius 2 is 2.19 bits per heavy atom. The maximum absolute atomic E-state index is 13.8. The lowest BCUT2D eigenvalue weighted by Gasteiger charge is -2.33. The van der Waals surface area contributed by atoms with Gasteiger partial charge in [0, 0.05) is 19.5 Å². The smallest absolute Gasteiger partial charge is 0.303 e. The van der Waals surface area contributed by atoms with Crippen LogP contribution in [0.25, 0.3) is 0 Å². The number of nitrogens with zero attached hydrogens (tertiary/aromatic N) is 1. The van der Waals surface area contributed by atoms with Crippen LogP contribution in [0, 0.1) is 11.7 Å². The summed E-state index contributed by atoms with van der Waals surface area (Å²) in [5.41, 5.74) is -0.0990. The van der Waals surface area contributed by atoms with E-state index in [0.717, 1.165) is 12.8 Å². The highest BCUT2D eigenvalue weighted by molar-refractivity contribution is 6.33. The number of aliphatic carboxylic acids is 1. The van der Waals surface area contributed by atoms with E-state index in [-0.39, 0.29) is 22.9 Å². The fraction of sp³-hybridized carbons (Fsp3) is 0.467. The SMILES string of the molecule is O=C(O)CCC1CCCN(C(=O)c2c(F)cccc2Cl)C1. The predicted octanol–water partition coefficient (Wildman–Crippen LogP) is 3.20. The molecule has 0 bridgehead atoms. The van der Waals surface area contributed by atoms with Gasteiger partial charge in [-0.15, -0.1) is 0 Å². The van der Waals surface area contributed by atoms with Crippen LogP contribution in [0.4, 0.5) is 4.39 Å². The monoisotopic (exact) mass is 313 g/mol. The molecule has 1 fully saturated rings. The number of piperidine rings is 1. The summed E-state index contributed by atoms with van der Waals surface area (Å²) in [4.78, 5) is 24.6. The minimum absolute atomic E-state index is 0.0904. The molecule has 1 unspecified atom stereocenters. The summed E-state index contributed by atoms with van der Waals surface area (Å²) in [5.74, 6) is -1.74. The van der Waals surface area contributed by atoms with Crippen LogP contribution in [-0.4, -0.2) is 35.0 Å². The third kappa shape index (κ3) is 3.94. The van der Waals surface area contributed by atoms with Crippen LogP contribution in [-0.2, 0) is 4.79 Å². The van der Waals surface area contributed by atoms with E-state index in [9.17, 15) is 14.0 Å². The van der Waals surface area contributed by atoms with Crippen molar-refractivity contribution in [2.75, 3.05) is 13.1 Å². The lowest BCUT2D eigenvalue weighted by Crippen LogP contribution is -2.40. The molecule has 1 heterocycles. The Morgan fingerprint density at radius 3 is 2.86 bits per heavy atom. The van der Waals surface area contributed by atoms with Gasteiger partial charge in [-0.1, -0.05) is 17.7 Å². The standard InChI is InChI=1S/C15H17ClFNO3/c16-11-4-1-5-12(17)14(11)15(21)18-8-2-3-10(9-18)6-7-13(19)20/h1,4-5,10H,2-3,6-9H2,(H,19,20). The Morgan fingerprint density at radius 1 is 1.43 bits per heavy atom. The van der Waals surface area contributed by atoms with Crippen molar-refractivity contribution in [2.24, 2.45) is 5.92 Å². The Kier molecular flexibility index (Phi) is 5.17. The largest absolute Gasteiger partial charge is 0.481 e. The van der Waals surface area contributed by atoms with Crippen molar-refractivity contribution in [3.63, 3.8) is 0 Å². The molecule has 1 N–H and O–H groups in total. The maximum Gasteiger partial charge on any atom is 0.303 e. The van der Waals surface area contributed by atoms with E-state index in [0.29, 0.717) is 19.5 Å². The Hall–Kier alpha value is -1.62. The molecule has 21 heavy (non-hydrogen) atoms. The van der Waals surface area contributed by atoms with Crippen molar-refractivity contribution in [2.45, 2.75) is 25.7 Å². The van der Waals surface area contributed by atoms with Gasteiger partial charge in [0.05, 0.1) is 10.6 Å². The fourth-order valence-corrected chi connectivity index (χ4v) is 2.92. The molecular weight excluding hydrogens is 297 g/mol. The predicted molar refractivity (Wildman–Crippen MR) is 76.9 cm³/mol. The normalized spacial score (nSPS) is 18.6. The molecule has 1 aliphatic rings. The average Bonchev–Trinajstić information content (AvgIpc) is 2.45. The van der Waals surface area contributed by atoms with Crippen molar-refractivity contribution in [3.8, 4) is 0 Å². The van der Waals surface area contributed by atoms with Gasteiger partial charge in [0.1, 0.15) is 5.82 Å². The molecule has 1 aromatic carbocycles. The molecule has 0 spiro atoms. The highest BCUT2D eigenvalue weighted by Crippen LogP contribution is 2.26. The Labute approximate surface area is 127 Å². The van der Waals surface area contributed by atoms with Crippen LogP contribution < -0.4 is 0 Å². The lowest BCUT2D eigenvalue weighted by atomic mass is 9.93. The van der Waals surface area contributed by atoms with E-state index >= 15 is 0 Å². The van der Waals surface area contributed by atoms with Crippen molar-refractivity contribution >= 4 is 23.5 Å². The molecule has 1 aliphatic heterocycles. The summed E-state index contributed by atoms with van der Waals surface area (Å²) in [6.07, 6.45) is 2.31. The maximum atomic E-state index is 13.8. The summed E-state index contributed by atoms with van der Waals surface area (Å²) in [6, 6.07) is 4.16. The number of amides is 1. The number of hydrogen-bond acceptors (Lipinski definition) is 2. The molecule has 0 saturated carbocycles. The number of carbonyl (C=O) groups is 2. The molecule has 1 atom stereocenters. The molecule has 2 rings (SSSR count). The van der Waals surface area contributed by atoms with Gasteiger partial charge in [-0.2, -0.15) is 0 Å². The van der Waals surface area contributed by atoms with E-state index in [1.54, 1.807) is 4.90 Å². The summed E-state index contributed by atoms with van der Waals surface area (Å²) in [6.45, 7) is 1.00. The highest BCUT2D eigenvalue weighted by Gasteiger charge is 2.27. The second-order valence-corrected chi connectivity index (χ2v) is 5.70. The van der Waals surface area contributed by atoms with E-state index in [1.807, 2.05) is 0 Å². The Balaban J connectivity index is 2.07. The zero-order valence-electron chi connectivity index (χ0n) is 11.5. The molecule has 114 valence electrons. The van der Waals surface area contributed by atoms with Crippen molar-refractivity contribution in [3.05, 3.63) is 34.6 Å². The van der Waals surface area contributed by atoms with E-state index in [2.05, 4.69) is 0 Å². The van der Waals surface area contributed by atoms with Crippen LogP contribution in [0.3, 0.4) is 0 Å². The van der Waals surface area contributed by atoms with Gasteiger partial charge in [-0.25, -0.2) is 4.39 Å². The summed E-state index contributed by atoms with van der Waals surface area (Å²) in [5, 5.41) is 8.83. The van der Waals surface area contributed by atoms with Crippen molar-refractivity contribution in [1.29, 1.82) is 0 Å². The molecule has 0 aromatic heterocycles. The number of carbonyl (C=O) groups excluding carboxylic acids is 1. The van der Waals surface area contributed by atoms with Crippen LogP contribution in [0.2, 0.25) is 5.02 Å². The summed E-state index contributed by atoms with van der Waals surface area (Å²) < 4.78 is 13.8. The van der Waals surface area contributed by atoms with Crippen LogP contribution >= 0.6 is 11.6 Å². The number of hydrogen-bond donors (Lipinski definition) is 1. The van der Waals surface area contributed by atoms with E-state index in [4.69, 9.17) is 16.7 Å². The van der Waals surface area contributed by atoms with Gasteiger partial charge in [0.2, 0.25) is 0 Å². The average molecular weight is 314 g/mol. The number of carboxylic acid groups (broad SMARTS) is 1. The number of likely N-dealkylation sites (tertiary alicyclic amines) is 1. The van der Waals surface area contributed by atoms with E-state index < -0.39 is 17.7 Å². The van der Waals surface area contributed by atoms with Gasteiger partial charge in [-0.3, -0.25) is 9.59 Å². The topological polar surface area (TPSA) is 57.6 Å². The van der Waals surface area contributed by atoms with Crippen molar-refractivity contribution < 1.29 is 19.1 Å². The molecule has 4 nitrogen and oxygen atoms in total. The van der Waals surface area contributed by atoms with Crippen LogP contribution in [0.5, 0.6) is 0 Å². The van der Waals surface area contributed by atoms with E-state index in [1.165, 1.54) is 18.2 Å². The summed E-state index contributed by atoms with van der Waals surface area (Å²) >= 11 is 5.92. The first-order valence-electron chi connectivity index (χ1n) is 6.94. The lowest BCUT2D eigenvalue weighted by molar-refractivity contribution is -0.137. The van der Waals surface area contributed by atoms with Gasteiger partial charge in [0.15, 0.2) is 0 Å². The number of halogens is 2. The summed E-state index contributed by atoms with van der Waals surface area (Å²) in [7, 11) is 0.